The van der Waals surface area contributed by atoms with Crippen LogP contribution in [0.2, 0.25) is 0 Å². The summed E-state index contributed by atoms with van der Waals surface area (Å²) < 4.78 is 0. The summed E-state index contributed by atoms with van der Waals surface area (Å²) >= 11 is 0. The Kier molecular flexibility index (Phi) is 7.49. The number of benzene rings is 5. The fourth-order valence-corrected chi connectivity index (χ4v) is 7.61. The van der Waals surface area contributed by atoms with Gasteiger partial charge in [-0.2, -0.15) is 0 Å². The Bertz CT molecular complexity index is 2160. The molecule has 0 radical (unpaired) electrons. The molecule has 238 valence electrons. The number of fused-ring (bicyclic) bond motifs is 2. The molecule has 0 saturated carbocycles. The van der Waals surface area contributed by atoms with Crippen molar-refractivity contribution in [2.75, 3.05) is 4.90 Å². The largest absolute Gasteiger partial charge is 0.310 e. The molecule has 1 aliphatic carbocycles. The Labute approximate surface area is 289 Å². The molecule has 3 heteroatoms. The maximum absolute atomic E-state index is 4.42. The standard InChI is InChI=1S/C46H39N3/c1-45(2)42-22-20-40(49(38-15-7-5-8-16-38)39-17-9-6-10-18-39)29-44(42)46(3,4)41-21-19-32(28-43(41)45)35-25-36(33-13-11-23-47-30-33)27-37(26-35)34-14-12-24-48-31-34/h5-31H,1-4H3. The van der Waals surface area contributed by atoms with Crippen molar-refractivity contribution in [2.24, 2.45) is 0 Å². The molecule has 0 N–H and O–H groups in total. The molecule has 8 rings (SSSR count). The van der Waals surface area contributed by atoms with Crippen molar-refractivity contribution < 1.29 is 0 Å². The van der Waals surface area contributed by atoms with Crippen LogP contribution >= 0.6 is 0 Å². The van der Waals surface area contributed by atoms with Gasteiger partial charge in [-0.1, -0.05) is 94.4 Å². The topological polar surface area (TPSA) is 29.0 Å². The number of anilines is 3. The van der Waals surface area contributed by atoms with Crippen LogP contribution in [-0.2, 0) is 10.8 Å². The van der Waals surface area contributed by atoms with E-state index in [-0.39, 0.29) is 10.8 Å². The highest BCUT2D eigenvalue weighted by atomic mass is 15.1. The smallest absolute Gasteiger partial charge is 0.0464 e. The third kappa shape index (κ3) is 5.42. The van der Waals surface area contributed by atoms with E-state index in [1.807, 2.05) is 36.9 Å². The first-order valence-electron chi connectivity index (χ1n) is 17.0. The van der Waals surface area contributed by atoms with E-state index in [1.165, 1.54) is 33.4 Å². The number of para-hydroxylation sites is 2. The fraction of sp³-hybridized carbons (Fsp3) is 0.130. The van der Waals surface area contributed by atoms with Crippen LogP contribution in [0.1, 0.15) is 49.9 Å². The number of hydrogen-bond donors (Lipinski definition) is 0. The zero-order chi connectivity index (χ0) is 33.6. The molecule has 0 atom stereocenters. The predicted octanol–water partition coefficient (Wildman–Crippen LogP) is 11.9. The summed E-state index contributed by atoms with van der Waals surface area (Å²) in [6, 6.07) is 50.6. The fourth-order valence-electron chi connectivity index (χ4n) is 7.61. The molecule has 49 heavy (non-hydrogen) atoms. The van der Waals surface area contributed by atoms with Gasteiger partial charge in [0.15, 0.2) is 0 Å². The maximum atomic E-state index is 4.42. The lowest BCUT2D eigenvalue weighted by atomic mass is 9.59. The summed E-state index contributed by atoms with van der Waals surface area (Å²) in [5.74, 6) is 0. The highest BCUT2D eigenvalue weighted by Gasteiger charge is 2.42. The highest BCUT2D eigenvalue weighted by Crippen LogP contribution is 2.52. The highest BCUT2D eigenvalue weighted by molar-refractivity contribution is 5.82. The second kappa shape index (κ2) is 12.0. The van der Waals surface area contributed by atoms with Crippen LogP contribution in [0.25, 0.3) is 33.4 Å². The van der Waals surface area contributed by atoms with E-state index in [4.69, 9.17) is 0 Å². The van der Waals surface area contributed by atoms with Gasteiger partial charge in [-0.05, 0) is 117 Å². The molecule has 3 nitrogen and oxygen atoms in total. The number of aromatic nitrogens is 2. The molecule has 7 aromatic rings. The SMILES string of the molecule is CC1(C)c2ccc(N(c3ccccc3)c3ccccc3)cc2C(C)(C)c2ccc(-c3cc(-c4cccnc4)cc(-c4cccnc4)c3)cc21. The summed E-state index contributed by atoms with van der Waals surface area (Å²) in [4.78, 5) is 11.2. The number of pyridine rings is 2. The van der Waals surface area contributed by atoms with E-state index < -0.39 is 0 Å². The molecule has 1 aliphatic rings. The van der Waals surface area contributed by atoms with Gasteiger partial charge in [0.2, 0.25) is 0 Å². The summed E-state index contributed by atoms with van der Waals surface area (Å²) in [5, 5.41) is 0. The minimum Gasteiger partial charge on any atom is -0.310 e. The number of nitrogens with zero attached hydrogens (tertiary/aromatic N) is 3. The molecule has 0 bridgehead atoms. The van der Waals surface area contributed by atoms with E-state index in [0.29, 0.717) is 0 Å². The Hall–Kier alpha value is -5.80. The zero-order valence-electron chi connectivity index (χ0n) is 28.4. The van der Waals surface area contributed by atoms with Gasteiger partial charge in [0.25, 0.3) is 0 Å². The van der Waals surface area contributed by atoms with Crippen LogP contribution < -0.4 is 4.90 Å². The van der Waals surface area contributed by atoms with Crippen LogP contribution in [-0.4, -0.2) is 9.97 Å². The van der Waals surface area contributed by atoms with Gasteiger partial charge in [0.05, 0.1) is 0 Å². The molecule has 2 aromatic heterocycles. The zero-order valence-corrected chi connectivity index (χ0v) is 28.4. The van der Waals surface area contributed by atoms with Crippen LogP contribution in [0, 0.1) is 0 Å². The van der Waals surface area contributed by atoms with Gasteiger partial charge in [-0.25, -0.2) is 0 Å². The number of rotatable bonds is 6. The summed E-state index contributed by atoms with van der Waals surface area (Å²) in [7, 11) is 0. The van der Waals surface area contributed by atoms with E-state index >= 15 is 0 Å². The van der Waals surface area contributed by atoms with Gasteiger partial charge in [-0.15, -0.1) is 0 Å². The van der Waals surface area contributed by atoms with Crippen LogP contribution in [0.15, 0.2) is 164 Å². The molecule has 0 saturated heterocycles. The van der Waals surface area contributed by atoms with E-state index in [1.54, 1.807) is 0 Å². The Morgan fingerprint density at radius 1 is 0.367 bits per heavy atom. The van der Waals surface area contributed by atoms with Gasteiger partial charge >= 0.3 is 0 Å². The first kappa shape index (κ1) is 30.5. The summed E-state index contributed by atoms with van der Waals surface area (Å²) in [6.45, 7) is 9.51. The Morgan fingerprint density at radius 2 is 0.837 bits per heavy atom. The molecule has 0 aliphatic heterocycles. The molecule has 0 amide bonds. The van der Waals surface area contributed by atoms with Crippen LogP contribution in [0.5, 0.6) is 0 Å². The average Bonchev–Trinajstić information content (AvgIpc) is 3.15. The molecule has 5 aromatic carbocycles. The van der Waals surface area contributed by atoms with Gasteiger partial charge in [-0.3, -0.25) is 9.97 Å². The van der Waals surface area contributed by atoms with Crippen LogP contribution in [0.4, 0.5) is 17.1 Å². The van der Waals surface area contributed by atoms with Crippen molar-refractivity contribution in [3.63, 3.8) is 0 Å². The molecular weight excluding hydrogens is 595 g/mol. The second-order valence-corrected chi connectivity index (χ2v) is 14.0. The van der Waals surface area contributed by atoms with Gasteiger partial charge in [0, 0.05) is 63.8 Å². The third-order valence-corrected chi connectivity index (χ3v) is 10.3. The second-order valence-electron chi connectivity index (χ2n) is 14.0. The van der Waals surface area contributed by atoms with E-state index in [0.717, 1.165) is 39.3 Å². The molecule has 0 unspecified atom stereocenters. The van der Waals surface area contributed by atoms with Crippen molar-refractivity contribution in [1.82, 2.24) is 9.97 Å². The quantitative estimate of drug-likeness (QED) is 0.182. The lowest BCUT2D eigenvalue weighted by molar-refractivity contribution is 0.521. The van der Waals surface area contributed by atoms with E-state index in [9.17, 15) is 0 Å². The Morgan fingerprint density at radius 3 is 1.33 bits per heavy atom. The summed E-state index contributed by atoms with van der Waals surface area (Å²) in [6.07, 6.45) is 7.52. The first-order chi connectivity index (χ1) is 23.8. The molecule has 2 heterocycles. The minimum atomic E-state index is -0.202. The van der Waals surface area contributed by atoms with Gasteiger partial charge in [0.1, 0.15) is 0 Å². The summed E-state index contributed by atoms with van der Waals surface area (Å²) in [5.41, 5.74) is 15.4. The molecule has 0 spiro atoms. The van der Waals surface area contributed by atoms with Crippen molar-refractivity contribution in [2.45, 2.75) is 38.5 Å². The molecular formula is C46H39N3. The normalized spacial score (nSPS) is 14.0. The minimum absolute atomic E-state index is 0.202. The van der Waals surface area contributed by atoms with Crippen LogP contribution in [0.3, 0.4) is 0 Å². The van der Waals surface area contributed by atoms with E-state index in [2.05, 4.69) is 170 Å². The number of hydrogen-bond acceptors (Lipinski definition) is 3. The van der Waals surface area contributed by atoms with Crippen molar-refractivity contribution in [1.29, 1.82) is 0 Å². The van der Waals surface area contributed by atoms with Gasteiger partial charge < -0.3 is 4.90 Å². The monoisotopic (exact) mass is 633 g/mol. The van der Waals surface area contributed by atoms with Crippen molar-refractivity contribution >= 4 is 17.1 Å². The average molecular weight is 634 g/mol. The molecule has 0 fully saturated rings. The predicted molar refractivity (Wildman–Crippen MR) is 204 cm³/mol. The lowest BCUT2D eigenvalue weighted by Gasteiger charge is -2.44. The third-order valence-electron chi connectivity index (χ3n) is 10.3. The Balaban J connectivity index is 1.25. The maximum Gasteiger partial charge on any atom is 0.0464 e. The van der Waals surface area contributed by atoms with Crippen molar-refractivity contribution in [3.05, 3.63) is 187 Å². The van der Waals surface area contributed by atoms with Crippen molar-refractivity contribution in [3.8, 4) is 33.4 Å². The lowest BCUT2D eigenvalue weighted by Crippen LogP contribution is -2.36. The first-order valence-corrected chi connectivity index (χ1v) is 17.0.